The van der Waals surface area contributed by atoms with Gasteiger partial charge in [-0.25, -0.2) is 20.1 Å². The fourth-order valence-corrected chi connectivity index (χ4v) is 6.57. The third-order valence-corrected chi connectivity index (χ3v) is 8.46. The number of thiazole rings is 2. The average Bonchev–Trinajstić information content (AvgIpc) is 3.38. The molecular weight excluding hydrogens is 555 g/mol. The Morgan fingerprint density at radius 2 is 1.85 bits per heavy atom. The van der Waals surface area contributed by atoms with Crippen molar-refractivity contribution in [2.45, 2.75) is 19.5 Å². The number of hydrazone groups is 1. The minimum atomic E-state index is -0.662. The molecule has 182 valence electrons. The summed E-state index contributed by atoms with van der Waals surface area (Å²) in [6, 6.07) is 0. The van der Waals surface area contributed by atoms with Crippen LogP contribution in [0.4, 0.5) is 0 Å². The lowest BCUT2D eigenvalue weighted by Crippen LogP contribution is -2.26. The van der Waals surface area contributed by atoms with Gasteiger partial charge in [0, 0.05) is 54.1 Å². The highest BCUT2D eigenvalue weighted by Crippen LogP contribution is 2.22. The Balaban J connectivity index is 1.79. The number of thioether (sulfide) groups is 2. The van der Waals surface area contributed by atoms with Crippen LogP contribution in [-0.2, 0) is 13.1 Å². The van der Waals surface area contributed by atoms with E-state index in [-0.39, 0.29) is 0 Å². The Kier molecular flexibility index (Phi) is 13.9. The van der Waals surface area contributed by atoms with Crippen LogP contribution in [0.2, 0.25) is 8.93 Å². The maximum absolute atomic E-state index is 11.0. The first kappa shape index (κ1) is 28.9. The smallest absolute Gasteiger partial charge is 0.203 e. The lowest BCUT2D eigenvalue weighted by atomic mass is 10.3. The van der Waals surface area contributed by atoms with E-state index in [9.17, 15) is 10.1 Å². The molecule has 0 saturated carbocycles. The van der Waals surface area contributed by atoms with Crippen molar-refractivity contribution < 1.29 is 5.03 Å². The van der Waals surface area contributed by atoms with E-state index in [2.05, 4.69) is 36.7 Å². The summed E-state index contributed by atoms with van der Waals surface area (Å²) in [5.74, 6) is 6.58. The van der Waals surface area contributed by atoms with Gasteiger partial charge in [0.1, 0.15) is 0 Å². The van der Waals surface area contributed by atoms with Gasteiger partial charge in [0.2, 0.25) is 4.38 Å². The average molecular weight is 578 g/mol. The predicted octanol–water partition coefficient (Wildman–Crippen LogP) is 4.88. The zero-order valence-electron chi connectivity index (χ0n) is 18.1. The number of nitrogens with zero attached hydrogens (tertiary/aromatic N) is 6. The van der Waals surface area contributed by atoms with E-state index >= 15 is 0 Å². The van der Waals surface area contributed by atoms with Gasteiger partial charge in [-0.05, 0) is 6.42 Å². The summed E-state index contributed by atoms with van der Waals surface area (Å²) in [6.45, 7) is 3.56. The molecule has 0 aromatic carbocycles. The zero-order chi connectivity index (χ0) is 24.8. The van der Waals surface area contributed by atoms with Gasteiger partial charge in [-0.2, -0.15) is 0 Å². The number of hydrogen-bond donors (Lipinski definition) is 0. The van der Waals surface area contributed by atoms with Crippen molar-refractivity contribution in [3.05, 3.63) is 41.2 Å². The number of nitro groups is 1. The Hall–Kier alpha value is -1.35. The minimum absolute atomic E-state index is 0.418. The molecule has 0 N–H and O–H groups in total. The summed E-state index contributed by atoms with van der Waals surface area (Å²) >= 11 is 17.3. The van der Waals surface area contributed by atoms with Crippen molar-refractivity contribution in [3.63, 3.8) is 0 Å². The van der Waals surface area contributed by atoms with Crippen LogP contribution in [0, 0.1) is 34.8 Å². The van der Waals surface area contributed by atoms with Crippen LogP contribution >= 0.6 is 69.4 Å². The van der Waals surface area contributed by atoms with E-state index < -0.39 is 5.03 Å². The molecule has 2 aromatic heterocycles. The lowest BCUT2D eigenvalue weighted by molar-refractivity contribution is -0.484. The molecule has 34 heavy (non-hydrogen) atoms. The molecule has 0 fully saturated rings. The normalized spacial score (nSPS) is 11.6. The van der Waals surface area contributed by atoms with Gasteiger partial charge in [0.25, 0.3) is 0 Å². The highest BCUT2D eigenvalue weighted by atomic mass is 35.5. The minimum Gasteiger partial charge on any atom is -0.286 e. The van der Waals surface area contributed by atoms with Crippen LogP contribution in [-0.4, -0.2) is 66.9 Å². The molecule has 0 spiro atoms. The first-order chi connectivity index (χ1) is 16.4. The molecular formula is C20H22Cl2N6O2S4. The van der Waals surface area contributed by atoms with E-state index in [1.54, 1.807) is 6.20 Å². The summed E-state index contributed by atoms with van der Waals surface area (Å²) in [6.07, 6.45) is 13.5. The standard InChI is InChI=1S/C20H22Cl2N6O2S4/c1-3-6-26(13-16-15-33-19(22)24-16)8-5-10-31-20(25-28(29)30)32-11-9-27(7-4-2)14-17-12-23-18(21)34-17/h1-2,12,15H,5-11,13-14H2/b25-20+. The second-order valence-corrected chi connectivity index (χ2v) is 12.2. The van der Waals surface area contributed by atoms with Gasteiger partial charge >= 0.3 is 0 Å². The van der Waals surface area contributed by atoms with E-state index in [0.717, 1.165) is 23.5 Å². The highest BCUT2D eigenvalue weighted by molar-refractivity contribution is 8.38. The molecule has 14 heteroatoms. The fourth-order valence-electron chi connectivity index (χ4n) is 2.72. The van der Waals surface area contributed by atoms with E-state index in [1.165, 1.54) is 46.2 Å². The summed E-state index contributed by atoms with van der Waals surface area (Å²) < 4.78 is 1.40. The summed E-state index contributed by atoms with van der Waals surface area (Å²) in [5.41, 5.74) is 0.876. The molecule has 2 heterocycles. The quantitative estimate of drug-likeness (QED) is 0.0784. The first-order valence-electron chi connectivity index (χ1n) is 9.90. The van der Waals surface area contributed by atoms with Crippen molar-refractivity contribution in [3.8, 4) is 24.7 Å². The molecule has 0 aliphatic heterocycles. The highest BCUT2D eigenvalue weighted by Gasteiger charge is 2.13. The molecule has 0 unspecified atom stereocenters. The third-order valence-electron chi connectivity index (χ3n) is 4.08. The van der Waals surface area contributed by atoms with Gasteiger partial charge in [-0.1, -0.05) is 58.6 Å². The number of aromatic nitrogens is 2. The van der Waals surface area contributed by atoms with Gasteiger partial charge in [-0.15, -0.1) is 35.5 Å². The van der Waals surface area contributed by atoms with Crippen LogP contribution < -0.4 is 0 Å². The number of terminal acetylenes is 2. The molecule has 8 nitrogen and oxygen atoms in total. The largest absolute Gasteiger partial charge is 0.286 e. The molecule has 0 atom stereocenters. The second kappa shape index (κ2) is 16.3. The Bertz CT molecular complexity index is 1030. The van der Waals surface area contributed by atoms with Crippen LogP contribution in [0.25, 0.3) is 0 Å². The molecule has 0 radical (unpaired) electrons. The van der Waals surface area contributed by atoms with E-state index in [4.69, 9.17) is 36.0 Å². The Morgan fingerprint density at radius 1 is 1.15 bits per heavy atom. The molecule has 0 aliphatic carbocycles. The SMILES string of the molecule is C#CCN(CCCS/C(=N\[N+](=O)[O-])SCCN(CC#C)Cc1cnc(Cl)s1)Cc1csc(Cl)n1. The predicted molar refractivity (Wildman–Crippen MR) is 146 cm³/mol. The van der Waals surface area contributed by atoms with E-state index in [0.29, 0.717) is 57.5 Å². The van der Waals surface area contributed by atoms with Crippen molar-refractivity contribution >= 4 is 73.8 Å². The molecule has 2 aromatic rings. The van der Waals surface area contributed by atoms with Crippen molar-refractivity contribution in [2.24, 2.45) is 5.10 Å². The van der Waals surface area contributed by atoms with Crippen LogP contribution in [0.5, 0.6) is 0 Å². The van der Waals surface area contributed by atoms with Crippen molar-refractivity contribution in [1.82, 2.24) is 19.8 Å². The van der Waals surface area contributed by atoms with Gasteiger partial charge in [0.15, 0.2) is 14.0 Å². The van der Waals surface area contributed by atoms with Crippen LogP contribution in [0.3, 0.4) is 0 Å². The molecule has 2 rings (SSSR count). The monoisotopic (exact) mass is 576 g/mol. The zero-order valence-corrected chi connectivity index (χ0v) is 22.8. The fraction of sp³-hybridized carbons (Fsp3) is 0.450. The Labute approximate surface area is 225 Å². The molecule has 0 amide bonds. The molecule has 0 aliphatic rings. The van der Waals surface area contributed by atoms with Crippen molar-refractivity contribution in [1.29, 1.82) is 0 Å². The number of rotatable bonds is 14. The second-order valence-electron chi connectivity index (χ2n) is 6.66. The summed E-state index contributed by atoms with van der Waals surface area (Å²) in [5, 5.41) is 15.8. The Morgan fingerprint density at radius 3 is 2.44 bits per heavy atom. The number of halogens is 2. The van der Waals surface area contributed by atoms with Crippen molar-refractivity contribution in [2.75, 3.05) is 37.7 Å². The van der Waals surface area contributed by atoms with Crippen LogP contribution in [0.15, 0.2) is 16.7 Å². The van der Waals surface area contributed by atoms with Crippen LogP contribution in [0.1, 0.15) is 17.0 Å². The number of hydrogen-bond acceptors (Lipinski definition) is 10. The van der Waals surface area contributed by atoms with Gasteiger partial charge < -0.3 is 0 Å². The van der Waals surface area contributed by atoms with Gasteiger partial charge in [-0.3, -0.25) is 9.80 Å². The maximum Gasteiger partial charge on any atom is 0.203 e. The maximum atomic E-state index is 11.0. The first-order valence-corrected chi connectivity index (χ1v) is 14.3. The summed E-state index contributed by atoms with van der Waals surface area (Å²) in [7, 11) is 0. The molecule has 0 bridgehead atoms. The van der Waals surface area contributed by atoms with Gasteiger partial charge in [0.05, 0.1) is 23.9 Å². The topological polar surface area (TPSA) is 87.8 Å². The third kappa shape index (κ3) is 11.9. The van der Waals surface area contributed by atoms with E-state index in [1.807, 2.05) is 5.38 Å². The molecule has 0 saturated heterocycles. The summed E-state index contributed by atoms with van der Waals surface area (Å²) in [4.78, 5) is 24.4. The lowest BCUT2D eigenvalue weighted by Gasteiger charge is -2.19.